The summed E-state index contributed by atoms with van der Waals surface area (Å²) in [7, 11) is -0.0577. The van der Waals surface area contributed by atoms with E-state index < -0.39 is 10.0 Å². The van der Waals surface area contributed by atoms with E-state index in [0.29, 0.717) is 23.1 Å². The van der Waals surface area contributed by atoms with E-state index in [1.165, 1.54) is 18.5 Å². The van der Waals surface area contributed by atoms with Crippen molar-refractivity contribution >= 4 is 10.0 Å². The number of aryl methyl sites for hydroxylation is 1. The smallest absolute Gasteiger partial charge is 0.243 e. The lowest BCUT2D eigenvalue weighted by Crippen LogP contribution is -2.38. The number of sulfonamides is 1. The first kappa shape index (κ1) is 18.5. The predicted octanol–water partition coefficient (Wildman–Crippen LogP) is 3.44. The van der Waals surface area contributed by atoms with Gasteiger partial charge in [-0.05, 0) is 56.0 Å². The maximum atomic E-state index is 13.4. The van der Waals surface area contributed by atoms with E-state index >= 15 is 0 Å². The Morgan fingerprint density at radius 2 is 1.81 bits per heavy atom. The van der Waals surface area contributed by atoms with Gasteiger partial charge in [0.15, 0.2) is 0 Å². The topological polar surface area (TPSA) is 64.4 Å². The standard InChI is InChI=1S/C20H27N3O3S/c1-22-20(15-7-8-15)13-16(21-22)14-23(17-5-3-4-6-17)27(24,25)19-11-9-18(26-2)10-12-19/h9-13,15,17H,3-8,14H2,1-2H3. The van der Waals surface area contributed by atoms with E-state index in [1.807, 2.05) is 11.7 Å². The normalized spacial score (nSPS) is 18.3. The van der Waals surface area contributed by atoms with Crippen molar-refractivity contribution in [1.29, 1.82) is 0 Å². The van der Waals surface area contributed by atoms with Crippen LogP contribution in [0.15, 0.2) is 35.2 Å². The van der Waals surface area contributed by atoms with Gasteiger partial charge in [-0.25, -0.2) is 8.42 Å². The number of benzene rings is 1. The van der Waals surface area contributed by atoms with Crippen LogP contribution in [-0.2, 0) is 23.6 Å². The number of hydrogen-bond donors (Lipinski definition) is 0. The van der Waals surface area contributed by atoms with E-state index in [9.17, 15) is 8.42 Å². The number of hydrogen-bond acceptors (Lipinski definition) is 4. The lowest BCUT2D eigenvalue weighted by molar-refractivity contribution is 0.312. The molecular weight excluding hydrogens is 362 g/mol. The summed E-state index contributed by atoms with van der Waals surface area (Å²) in [6, 6.07) is 8.79. The van der Waals surface area contributed by atoms with Crippen LogP contribution in [0.2, 0.25) is 0 Å². The SMILES string of the molecule is COc1ccc(S(=O)(=O)N(Cc2cc(C3CC3)n(C)n2)C2CCCC2)cc1. The lowest BCUT2D eigenvalue weighted by atomic mass is 10.2. The van der Waals surface area contributed by atoms with Crippen molar-refractivity contribution in [3.63, 3.8) is 0 Å². The Bertz CT molecular complexity index is 895. The summed E-state index contributed by atoms with van der Waals surface area (Å²) < 4.78 is 35.6. The molecule has 2 aliphatic carbocycles. The Morgan fingerprint density at radius 3 is 2.41 bits per heavy atom. The molecule has 0 saturated heterocycles. The quantitative estimate of drug-likeness (QED) is 0.728. The molecule has 4 rings (SSSR count). The van der Waals surface area contributed by atoms with Crippen molar-refractivity contribution < 1.29 is 13.2 Å². The summed E-state index contributed by atoms with van der Waals surface area (Å²) in [5.74, 6) is 1.24. The third kappa shape index (κ3) is 3.75. The van der Waals surface area contributed by atoms with Crippen molar-refractivity contribution in [3.8, 4) is 5.75 Å². The molecule has 2 saturated carbocycles. The first-order chi connectivity index (χ1) is 13.0. The second-order valence-corrected chi connectivity index (χ2v) is 9.51. The van der Waals surface area contributed by atoms with Gasteiger partial charge in [0, 0.05) is 24.7 Å². The molecule has 1 aromatic carbocycles. The van der Waals surface area contributed by atoms with Crippen LogP contribution in [-0.4, -0.2) is 35.7 Å². The lowest BCUT2D eigenvalue weighted by Gasteiger charge is -2.27. The molecule has 2 aliphatic rings. The van der Waals surface area contributed by atoms with Gasteiger partial charge >= 0.3 is 0 Å². The molecule has 0 aliphatic heterocycles. The maximum Gasteiger partial charge on any atom is 0.243 e. The summed E-state index contributed by atoms with van der Waals surface area (Å²) in [6.07, 6.45) is 6.39. The summed E-state index contributed by atoms with van der Waals surface area (Å²) >= 11 is 0. The second-order valence-electron chi connectivity index (χ2n) is 7.62. The summed E-state index contributed by atoms with van der Waals surface area (Å²) in [5.41, 5.74) is 2.06. The minimum atomic E-state index is -3.59. The Kier molecular flexibility index (Phi) is 4.99. The highest BCUT2D eigenvalue weighted by Gasteiger charge is 2.35. The van der Waals surface area contributed by atoms with Crippen molar-refractivity contribution in [1.82, 2.24) is 14.1 Å². The highest BCUT2D eigenvalue weighted by molar-refractivity contribution is 7.89. The average molecular weight is 390 g/mol. The van der Waals surface area contributed by atoms with Gasteiger partial charge in [0.2, 0.25) is 10.0 Å². The second kappa shape index (κ2) is 7.28. The van der Waals surface area contributed by atoms with Gasteiger partial charge in [0.1, 0.15) is 5.75 Å². The van der Waals surface area contributed by atoms with Gasteiger partial charge in [0.25, 0.3) is 0 Å². The third-order valence-electron chi connectivity index (χ3n) is 5.68. The molecule has 0 unspecified atom stereocenters. The fourth-order valence-electron chi connectivity index (χ4n) is 4.03. The highest BCUT2D eigenvalue weighted by Crippen LogP contribution is 2.40. The minimum absolute atomic E-state index is 0.0449. The maximum absolute atomic E-state index is 13.4. The zero-order valence-corrected chi connectivity index (χ0v) is 16.8. The number of nitrogens with zero attached hydrogens (tertiary/aromatic N) is 3. The van der Waals surface area contributed by atoms with Crippen LogP contribution in [0.4, 0.5) is 0 Å². The van der Waals surface area contributed by atoms with Crippen molar-refractivity contribution in [3.05, 3.63) is 41.7 Å². The number of ether oxygens (including phenoxy) is 1. The van der Waals surface area contributed by atoms with E-state index in [1.54, 1.807) is 35.7 Å². The van der Waals surface area contributed by atoms with Crippen LogP contribution in [0.1, 0.15) is 55.8 Å². The number of methoxy groups -OCH3 is 1. The highest BCUT2D eigenvalue weighted by atomic mass is 32.2. The van der Waals surface area contributed by atoms with Gasteiger partial charge in [-0.15, -0.1) is 0 Å². The monoisotopic (exact) mass is 389 g/mol. The van der Waals surface area contributed by atoms with Crippen molar-refractivity contribution in [2.45, 2.75) is 61.9 Å². The fourth-order valence-corrected chi connectivity index (χ4v) is 5.68. The number of rotatable bonds is 7. The first-order valence-electron chi connectivity index (χ1n) is 9.68. The molecule has 0 amide bonds. The Morgan fingerprint density at radius 1 is 1.15 bits per heavy atom. The van der Waals surface area contributed by atoms with Crippen LogP contribution < -0.4 is 4.74 Å². The minimum Gasteiger partial charge on any atom is -0.497 e. The van der Waals surface area contributed by atoms with Crippen LogP contribution in [0.5, 0.6) is 5.75 Å². The van der Waals surface area contributed by atoms with Gasteiger partial charge in [-0.3, -0.25) is 4.68 Å². The molecule has 0 N–H and O–H groups in total. The number of aromatic nitrogens is 2. The molecule has 0 spiro atoms. The van der Waals surface area contributed by atoms with Crippen molar-refractivity contribution in [2.24, 2.45) is 7.05 Å². The zero-order valence-electron chi connectivity index (χ0n) is 16.0. The molecular formula is C20H27N3O3S. The summed E-state index contributed by atoms with van der Waals surface area (Å²) in [4.78, 5) is 0.313. The Balaban J connectivity index is 1.64. The zero-order chi connectivity index (χ0) is 19.0. The van der Waals surface area contributed by atoms with Crippen molar-refractivity contribution in [2.75, 3.05) is 7.11 Å². The summed E-state index contributed by atoms with van der Waals surface area (Å²) in [6.45, 7) is 0.333. The summed E-state index contributed by atoms with van der Waals surface area (Å²) in [5, 5.41) is 4.61. The molecule has 0 atom stereocenters. The molecule has 1 aromatic heterocycles. The Labute approximate surface area is 161 Å². The van der Waals surface area contributed by atoms with Gasteiger partial charge in [-0.1, -0.05) is 12.8 Å². The van der Waals surface area contributed by atoms with Crippen LogP contribution in [0.3, 0.4) is 0 Å². The van der Waals surface area contributed by atoms with E-state index in [2.05, 4.69) is 11.2 Å². The molecule has 6 nitrogen and oxygen atoms in total. The van der Waals surface area contributed by atoms with E-state index in [0.717, 1.165) is 31.4 Å². The van der Waals surface area contributed by atoms with Crippen LogP contribution in [0, 0.1) is 0 Å². The fraction of sp³-hybridized carbons (Fsp3) is 0.550. The molecule has 0 radical (unpaired) electrons. The molecule has 0 bridgehead atoms. The third-order valence-corrected chi connectivity index (χ3v) is 7.59. The first-order valence-corrected chi connectivity index (χ1v) is 11.1. The largest absolute Gasteiger partial charge is 0.497 e. The molecule has 27 heavy (non-hydrogen) atoms. The van der Waals surface area contributed by atoms with Gasteiger partial charge in [-0.2, -0.15) is 9.40 Å². The van der Waals surface area contributed by atoms with Crippen LogP contribution in [0.25, 0.3) is 0 Å². The molecule has 1 heterocycles. The molecule has 7 heteroatoms. The predicted molar refractivity (Wildman–Crippen MR) is 103 cm³/mol. The molecule has 2 fully saturated rings. The Hall–Kier alpha value is -1.86. The molecule has 146 valence electrons. The average Bonchev–Trinajstić information content (AvgIpc) is 3.23. The van der Waals surface area contributed by atoms with Crippen LogP contribution >= 0.6 is 0 Å². The van der Waals surface area contributed by atoms with E-state index in [-0.39, 0.29) is 6.04 Å². The molecule has 2 aromatic rings. The van der Waals surface area contributed by atoms with Gasteiger partial charge in [0.05, 0.1) is 24.2 Å². The van der Waals surface area contributed by atoms with Gasteiger partial charge < -0.3 is 4.74 Å². The van der Waals surface area contributed by atoms with E-state index in [4.69, 9.17) is 4.74 Å².